The molecule has 1 aliphatic rings. The van der Waals surface area contributed by atoms with E-state index in [1.807, 2.05) is 0 Å². The second-order valence-corrected chi connectivity index (χ2v) is 6.07. The van der Waals surface area contributed by atoms with Crippen molar-refractivity contribution in [3.05, 3.63) is 23.5 Å². The van der Waals surface area contributed by atoms with Gasteiger partial charge in [-0.1, -0.05) is 39.3 Å². The molecule has 4 heteroatoms. The predicted molar refractivity (Wildman–Crippen MR) is 68.9 cm³/mol. The van der Waals surface area contributed by atoms with Crippen LogP contribution in [-0.4, -0.2) is 10.9 Å². The largest absolute Gasteiger partial charge is 0.323 e. The number of halogens is 1. The lowest BCUT2D eigenvalue weighted by Gasteiger charge is -2.07. The number of hydrogen-bond donors (Lipinski definition) is 1. The molecular weight excluding hydrogens is 236 g/mol. The summed E-state index contributed by atoms with van der Waals surface area (Å²) in [6, 6.07) is 3.51. The maximum atomic E-state index is 12.2. The lowest BCUT2D eigenvalue weighted by Crippen LogP contribution is -2.18. The number of nitrogens with one attached hydrogen (secondary N) is 1. The van der Waals surface area contributed by atoms with Crippen LogP contribution in [0.15, 0.2) is 18.3 Å². The number of nitrogens with zero attached hydrogens (tertiary/aromatic N) is 1. The third-order valence-electron chi connectivity index (χ3n) is 4.30. The number of amides is 1. The molecule has 1 aromatic heterocycles. The molecule has 17 heavy (non-hydrogen) atoms. The van der Waals surface area contributed by atoms with E-state index in [9.17, 15) is 4.79 Å². The molecule has 1 amide bonds. The van der Waals surface area contributed by atoms with Crippen molar-refractivity contribution in [3.63, 3.8) is 0 Å². The van der Waals surface area contributed by atoms with Gasteiger partial charge < -0.3 is 5.32 Å². The third kappa shape index (κ3) is 1.82. The summed E-state index contributed by atoms with van der Waals surface area (Å²) < 4.78 is 0. The molecule has 0 spiro atoms. The summed E-state index contributed by atoms with van der Waals surface area (Å²) in [7, 11) is 0. The van der Waals surface area contributed by atoms with Crippen LogP contribution >= 0.6 is 11.6 Å². The molecule has 1 heterocycles. The van der Waals surface area contributed by atoms with E-state index >= 15 is 0 Å². The maximum absolute atomic E-state index is 12.2. The minimum absolute atomic E-state index is 0.0197. The van der Waals surface area contributed by atoms with Gasteiger partial charge >= 0.3 is 0 Å². The van der Waals surface area contributed by atoms with Crippen molar-refractivity contribution in [2.24, 2.45) is 16.7 Å². The Balaban J connectivity index is 2.13. The molecule has 1 N–H and O–H groups in total. The molecule has 2 rings (SSSR count). The van der Waals surface area contributed by atoms with Crippen LogP contribution in [0, 0.1) is 16.7 Å². The SMILES string of the molecule is CC1(C)C(C(=O)Nc2cccnc2Cl)C1(C)C. The minimum atomic E-state index is 0.0197. The number of rotatable bonds is 2. The number of carbonyl (C=O) groups is 1. The molecule has 0 aromatic carbocycles. The predicted octanol–water partition coefficient (Wildman–Crippen LogP) is 3.36. The first kappa shape index (κ1) is 12.4. The van der Waals surface area contributed by atoms with Gasteiger partial charge in [0, 0.05) is 12.1 Å². The van der Waals surface area contributed by atoms with Crippen molar-refractivity contribution >= 4 is 23.2 Å². The molecule has 92 valence electrons. The van der Waals surface area contributed by atoms with E-state index in [1.54, 1.807) is 18.3 Å². The number of carbonyl (C=O) groups excluding carboxylic acids is 1. The average molecular weight is 253 g/mol. The van der Waals surface area contributed by atoms with Gasteiger partial charge in [-0.05, 0) is 23.0 Å². The van der Waals surface area contributed by atoms with Crippen molar-refractivity contribution in [1.29, 1.82) is 0 Å². The van der Waals surface area contributed by atoms with E-state index in [2.05, 4.69) is 38.0 Å². The molecule has 0 bridgehead atoms. The van der Waals surface area contributed by atoms with Crippen LogP contribution in [0.4, 0.5) is 5.69 Å². The van der Waals surface area contributed by atoms with Crippen molar-refractivity contribution < 1.29 is 4.79 Å². The van der Waals surface area contributed by atoms with Crippen LogP contribution in [0.5, 0.6) is 0 Å². The molecular formula is C13H17ClN2O. The van der Waals surface area contributed by atoms with Crippen LogP contribution in [0.2, 0.25) is 5.15 Å². The summed E-state index contributed by atoms with van der Waals surface area (Å²) in [5.74, 6) is 0.0428. The van der Waals surface area contributed by atoms with Gasteiger partial charge in [-0.15, -0.1) is 0 Å². The van der Waals surface area contributed by atoms with Crippen LogP contribution in [0.25, 0.3) is 0 Å². The van der Waals surface area contributed by atoms with Crippen LogP contribution in [0.3, 0.4) is 0 Å². The van der Waals surface area contributed by atoms with E-state index in [0.717, 1.165) is 0 Å². The summed E-state index contributed by atoms with van der Waals surface area (Å²) in [6.07, 6.45) is 1.60. The van der Waals surface area contributed by atoms with E-state index < -0.39 is 0 Å². The van der Waals surface area contributed by atoms with Gasteiger partial charge in [-0.3, -0.25) is 4.79 Å². The fourth-order valence-electron chi connectivity index (χ4n) is 2.54. The molecule has 1 aromatic rings. The summed E-state index contributed by atoms with van der Waals surface area (Å²) in [5, 5.41) is 3.18. The Kier molecular flexibility index (Phi) is 2.69. The van der Waals surface area contributed by atoms with E-state index in [-0.39, 0.29) is 22.7 Å². The van der Waals surface area contributed by atoms with Crippen molar-refractivity contribution in [3.8, 4) is 0 Å². The minimum Gasteiger partial charge on any atom is -0.323 e. The summed E-state index contributed by atoms with van der Waals surface area (Å²) in [4.78, 5) is 16.1. The topological polar surface area (TPSA) is 42.0 Å². The molecule has 0 aliphatic heterocycles. The highest BCUT2D eigenvalue weighted by Crippen LogP contribution is 2.68. The van der Waals surface area contributed by atoms with E-state index in [4.69, 9.17) is 11.6 Å². The summed E-state index contributed by atoms with van der Waals surface area (Å²) in [6.45, 7) is 8.45. The van der Waals surface area contributed by atoms with Crippen molar-refractivity contribution in [1.82, 2.24) is 4.98 Å². The second-order valence-electron chi connectivity index (χ2n) is 5.71. The van der Waals surface area contributed by atoms with Crippen molar-refractivity contribution in [2.75, 3.05) is 5.32 Å². The van der Waals surface area contributed by atoms with Crippen LogP contribution < -0.4 is 5.32 Å². The first-order valence-electron chi connectivity index (χ1n) is 5.70. The zero-order chi connectivity index (χ0) is 12.8. The summed E-state index contributed by atoms with van der Waals surface area (Å²) in [5.41, 5.74) is 0.648. The Morgan fingerprint density at radius 1 is 1.35 bits per heavy atom. The van der Waals surface area contributed by atoms with Gasteiger partial charge in [-0.25, -0.2) is 4.98 Å². The van der Waals surface area contributed by atoms with Gasteiger partial charge in [0.1, 0.15) is 0 Å². The van der Waals surface area contributed by atoms with Gasteiger partial charge in [0.15, 0.2) is 5.15 Å². The molecule has 0 saturated heterocycles. The van der Waals surface area contributed by atoms with Crippen LogP contribution in [-0.2, 0) is 4.79 Å². The normalized spacial score (nSPS) is 21.0. The zero-order valence-corrected chi connectivity index (χ0v) is 11.3. The second kappa shape index (κ2) is 3.70. The highest BCUT2D eigenvalue weighted by Gasteiger charge is 2.68. The third-order valence-corrected chi connectivity index (χ3v) is 4.60. The molecule has 1 fully saturated rings. The number of hydrogen-bond acceptors (Lipinski definition) is 2. The monoisotopic (exact) mass is 252 g/mol. The number of anilines is 1. The molecule has 0 radical (unpaired) electrons. The molecule has 1 saturated carbocycles. The van der Waals surface area contributed by atoms with Crippen molar-refractivity contribution in [2.45, 2.75) is 27.7 Å². The Morgan fingerprint density at radius 2 is 1.94 bits per heavy atom. The Bertz CT molecular complexity index is 454. The quantitative estimate of drug-likeness (QED) is 0.820. The molecule has 0 unspecified atom stereocenters. The lowest BCUT2D eigenvalue weighted by atomic mass is 10.0. The van der Waals surface area contributed by atoms with E-state index in [0.29, 0.717) is 10.8 Å². The Labute approximate surface area is 107 Å². The number of aromatic nitrogens is 1. The van der Waals surface area contributed by atoms with Gasteiger partial charge in [0.2, 0.25) is 5.91 Å². The number of pyridine rings is 1. The highest BCUT2D eigenvalue weighted by molar-refractivity contribution is 6.32. The first-order chi connectivity index (χ1) is 7.78. The van der Waals surface area contributed by atoms with Gasteiger partial charge in [0.25, 0.3) is 0 Å². The lowest BCUT2D eigenvalue weighted by molar-refractivity contribution is -0.118. The maximum Gasteiger partial charge on any atom is 0.228 e. The van der Waals surface area contributed by atoms with Crippen LogP contribution in [0.1, 0.15) is 27.7 Å². The van der Waals surface area contributed by atoms with Gasteiger partial charge in [0.05, 0.1) is 5.69 Å². The molecule has 1 aliphatic carbocycles. The molecule has 0 atom stereocenters. The highest BCUT2D eigenvalue weighted by atomic mass is 35.5. The van der Waals surface area contributed by atoms with E-state index in [1.165, 1.54) is 0 Å². The fraction of sp³-hybridized carbons (Fsp3) is 0.538. The first-order valence-corrected chi connectivity index (χ1v) is 6.07. The smallest absolute Gasteiger partial charge is 0.228 e. The Morgan fingerprint density at radius 3 is 2.41 bits per heavy atom. The molecule has 3 nitrogen and oxygen atoms in total. The summed E-state index contributed by atoms with van der Waals surface area (Å²) >= 11 is 5.91. The average Bonchev–Trinajstić information content (AvgIpc) is 2.61. The standard InChI is InChI=1S/C13H17ClN2O/c1-12(2)9(13(12,3)4)11(17)16-8-6-5-7-15-10(8)14/h5-7,9H,1-4H3,(H,16,17). The van der Waals surface area contributed by atoms with Gasteiger partial charge in [-0.2, -0.15) is 0 Å². The Hall–Kier alpha value is -1.09. The zero-order valence-electron chi connectivity index (χ0n) is 10.5. The fourth-order valence-corrected chi connectivity index (χ4v) is 2.70.